The first-order valence-corrected chi connectivity index (χ1v) is 9.94. The monoisotopic (exact) mass is 466 g/mol. The molecule has 2 unspecified atom stereocenters. The number of hydrogen-bond acceptors (Lipinski definition) is 4. The normalized spacial score (nSPS) is 18.9. The number of ether oxygens (including phenoxy) is 1. The van der Waals surface area contributed by atoms with Crippen LogP contribution < -0.4 is 15.4 Å². The number of aromatic nitrogens is 2. The zero-order valence-electron chi connectivity index (χ0n) is 17.2. The fraction of sp³-hybridized carbons (Fsp3) is 0.286. The average Bonchev–Trinajstić information content (AvgIpc) is 3.15. The maximum Gasteiger partial charge on any atom is 0.440 e. The summed E-state index contributed by atoms with van der Waals surface area (Å²) in [6, 6.07) is 9.19. The fourth-order valence-corrected chi connectivity index (χ4v) is 3.75. The molecule has 0 saturated heterocycles. The van der Waals surface area contributed by atoms with Crippen LogP contribution in [0.5, 0.6) is 5.75 Å². The van der Waals surface area contributed by atoms with Crippen LogP contribution in [0.1, 0.15) is 18.1 Å². The maximum absolute atomic E-state index is 14.5. The molecule has 1 aliphatic heterocycles. The number of imidazole rings is 1. The SMILES string of the molecule is Cc1cc2nc3n(c2cc1C)C(NC(=O)C(C)Oc1cccc(Cl)c1)(C(F)(F)F)C(=O)N3. The molecule has 2 aromatic carbocycles. The standard InChI is InChI=1S/C21H18ClF3N4O3/c1-10-7-15-16(8-11(10)2)29-19(26-15)27-18(31)20(29,21(23,24)25)28-17(30)12(3)32-14-6-4-5-13(22)9-14/h4-9,12H,1-3H3,(H,28,30)(H,26,27,31). The number of aryl methyl sites for hydroxylation is 2. The minimum Gasteiger partial charge on any atom is -0.481 e. The smallest absolute Gasteiger partial charge is 0.440 e. The minimum absolute atomic E-state index is 0.0579. The van der Waals surface area contributed by atoms with E-state index >= 15 is 0 Å². The van der Waals surface area contributed by atoms with E-state index in [4.69, 9.17) is 16.3 Å². The molecule has 2 N–H and O–H groups in total. The Morgan fingerprint density at radius 1 is 1.25 bits per heavy atom. The molecular formula is C21H18ClF3N4O3. The summed E-state index contributed by atoms with van der Waals surface area (Å²) in [7, 11) is 0. The molecule has 2 atom stereocenters. The number of nitrogens with one attached hydrogen (secondary N) is 2. The number of nitrogens with zero attached hydrogens (tertiary/aromatic N) is 2. The summed E-state index contributed by atoms with van der Waals surface area (Å²) in [4.78, 5) is 29.6. The summed E-state index contributed by atoms with van der Waals surface area (Å²) in [5.74, 6) is -2.72. The average molecular weight is 467 g/mol. The van der Waals surface area contributed by atoms with E-state index in [9.17, 15) is 22.8 Å². The highest BCUT2D eigenvalue weighted by Crippen LogP contribution is 2.44. The van der Waals surface area contributed by atoms with Gasteiger partial charge in [-0.25, -0.2) is 4.98 Å². The van der Waals surface area contributed by atoms with Gasteiger partial charge in [0.25, 0.3) is 17.5 Å². The highest BCUT2D eigenvalue weighted by molar-refractivity contribution is 6.30. The Hall–Kier alpha value is -3.27. The van der Waals surface area contributed by atoms with Crippen molar-refractivity contribution in [2.75, 3.05) is 5.32 Å². The van der Waals surface area contributed by atoms with Crippen molar-refractivity contribution in [1.29, 1.82) is 0 Å². The highest BCUT2D eigenvalue weighted by atomic mass is 35.5. The lowest BCUT2D eigenvalue weighted by molar-refractivity contribution is -0.218. The van der Waals surface area contributed by atoms with Crippen molar-refractivity contribution in [3.63, 3.8) is 0 Å². The van der Waals surface area contributed by atoms with Crippen LogP contribution in [0.3, 0.4) is 0 Å². The fourth-order valence-electron chi connectivity index (χ4n) is 3.57. The first-order valence-electron chi connectivity index (χ1n) is 9.56. The minimum atomic E-state index is -5.18. The number of rotatable bonds is 4. The number of halogens is 4. The molecule has 2 amide bonds. The van der Waals surface area contributed by atoms with Crippen LogP contribution in [0.25, 0.3) is 11.0 Å². The number of benzene rings is 2. The first kappa shape index (κ1) is 21.9. The molecule has 0 spiro atoms. The Kier molecular flexibility index (Phi) is 5.08. The van der Waals surface area contributed by atoms with Crippen molar-refractivity contribution in [1.82, 2.24) is 14.9 Å². The van der Waals surface area contributed by atoms with Gasteiger partial charge in [0.15, 0.2) is 6.10 Å². The number of carbonyl (C=O) groups excluding carboxylic acids is 2. The third-order valence-electron chi connectivity index (χ3n) is 5.35. The van der Waals surface area contributed by atoms with Crippen LogP contribution in [-0.4, -0.2) is 33.6 Å². The van der Waals surface area contributed by atoms with E-state index in [1.54, 1.807) is 32.0 Å². The van der Waals surface area contributed by atoms with E-state index < -0.39 is 29.8 Å². The molecule has 32 heavy (non-hydrogen) atoms. The van der Waals surface area contributed by atoms with Gasteiger partial charge < -0.3 is 10.1 Å². The Morgan fingerprint density at radius 3 is 2.59 bits per heavy atom. The number of hydrogen-bond donors (Lipinski definition) is 2. The topological polar surface area (TPSA) is 85.2 Å². The number of fused-ring (bicyclic) bond motifs is 3. The van der Waals surface area contributed by atoms with Gasteiger partial charge in [0.05, 0.1) is 11.0 Å². The third kappa shape index (κ3) is 3.35. The molecular weight excluding hydrogens is 449 g/mol. The van der Waals surface area contributed by atoms with E-state index in [0.717, 1.165) is 5.56 Å². The molecule has 11 heteroatoms. The Labute approximate surface area is 185 Å². The van der Waals surface area contributed by atoms with Crippen LogP contribution in [0.4, 0.5) is 19.1 Å². The van der Waals surface area contributed by atoms with Gasteiger partial charge in [-0.3, -0.25) is 19.5 Å². The molecule has 1 aromatic heterocycles. The van der Waals surface area contributed by atoms with Crippen LogP contribution in [0, 0.1) is 13.8 Å². The summed E-state index contributed by atoms with van der Waals surface area (Å²) in [5.41, 5.74) is -1.54. The zero-order valence-corrected chi connectivity index (χ0v) is 17.9. The second-order valence-corrected chi connectivity index (χ2v) is 8.00. The van der Waals surface area contributed by atoms with Crippen molar-refractivity contribution in [2.24, 2.45) is 0 Å². The van der Waals surface area contributed by atoms with E-state index in [0.29, 0.717) is 15.2 Å². The van der Waals surface area contributed by atoms with E-state index in [2.05, 4.69) is 10.3 Å². The molecule has 7 nitrogen and oxygen atoms in total. The summed E-state index contributed by atoms with van der Waals surface area (Å²) in [5, 5.41) is 4.35. The van der Waals surface area contributed by atoms with Crippen LogP contribution in [0.15, 0.2) is 36.4 Å². The van der Waals surface area contributed by atoms with E-state index in [1.165, 1.54) is 25.1 Å². The Balaban J connectivity index is 1.77. The van der Waals surface area contributed by atoms with Gasteiger partial charge in [-0.15, -0.1) is 0 Å². The molecule has 2 heterocycles. The van der Waals surface area contributed by atoms with Gasteiger partial charge >= 0.3 is 6.18 Å². The van der Waals surface area contributed by atoms with Gasteiger partial charge in [-0.2, -0.15) is 13.2 Å². The van der Waals surface area contributed by atoms with Gasteiger partial charge in [-0.05, 0) is 62.2 Å². The predicted octanol–water partition coefficient (Wildman–Crippen LogP) is 4.06. The van der Waals surface area contributed by atoms with Gasteiger partial charge in [0.2, 0.25) is 5.95 Å². The van der Waals surface area contributed by atoms with Gasteiger partial charge in [0, 0.05) is 5.02 Å². The number of anilines is 1. The summed E-state index contributed by atoms with van der Waals surface area (Å²) < 4.78 is 49.5. The molecule has 0 aliphatic carbocycles. The molecule has 3 aromatic rings. The molecule has 168 valence electrons. The molecule has 4 rings (SSSR count). The third-order valence-corrected chi connectivity index (χ3v) is 5.59. The van der Waals surface area contributed by atoms with Gasteiger partial charge in [0.1, 0.15) is 5.75 Å². The largest absolute Gasteiger partial charge is 0.481 e. The second kappa shape index (κ2) is 7.40. The lowest BCUT2D eigenvalue weighted by Crippen LogP contribution is -2.65. The molecule has 0 saturated carbocycles. The molecule has 0 radical (unpaired) electrons. The van der Waals surface area contributed by atoms with Crippen molar-refractivity contribution >= 4 is 40.4 Å². The van der Waals surface area contributed by atoms with Crippen LogP contribution in [-0.2, 0) is 15.3 Å². The predicted molar refractivity (Wildman–Crippen MR) is 112 cm³/mol. The van der Waals surface area contributed by atoms with Crippen LogP contribution >= 0.6 is 11.6 Å². The molecule has 0 fully saturated rings. The Bertz CT molecular complexity index is 1260. The van der Waals surface area contributed by atoms with Crippen molar-refractivity contribution in [3.05, 3.63) is 52.5 Å². The van der Waals surface area contributed by atoms with Crippen LogP contribution in [0.2, 0.25) is 5.02 Å². The maximum atomic E-state index is 14.5. The second-order valence-electron chi connectivity index (χ2n) is 7.57. The van der Waals surface area contributed by atoms with E-state index in [1.807, 2.05) is 5.32 Å². The van der Waals surface area contributed by atoms with Crippen molar-refractivity contribution in [2.45, 2.75) is 38.7 Å². The Morgan fingerprint density at radius 2 is 1.94 bits per heavy atom. The zero-order chi connectivity index (χ0) is 23.4. The summed E-state index contributed by atoms with van der Waals surface area (Å²) in [6.07, 6.45) is -6.54. The van der Waals surface area contributed by atoms with Crippen molar-refractivity contribution in [3.8, 4) is 5.75 Å². The summed E-state index contributed by atoms with van der Waals surface area (Å²) in [6.45, 7) is 4.80. The van der Waals surface area contributed by atoms with E-state index in [-0.39, 0.29) is 22.7 Å². The van der Waals surface area contributed by atoms with Gasteiger partial charge in [-0.1, -0.05) is 17.7 Å². The number of carbonyl (C=O) groups is 2. The first-order chi connectivity index (χ1) is 14.9. The molecule has 1 aliphatic rings. The molecule has 0 bridgehead atoms. The van der Waals surface area contributed by atoms with Crippen molar-refractivity contribution < 1.29 is 27.5 Å². The number of amides is 2. The lowest BCUT2D eigenvalue weighted by atomic mass is 10.1. The summed E-state index contributed by atoms with van der Waals surface area (Å²) >= 11 is 5.88. The quantitative estimate of drug-likeness (QED) is 0.607. The highest BCUT2D eigenvalue weighted by Gasteiger charge is 2.68. The lowest BCUT2D eigenvalue weighted by Gasteiger charge is -2.32. The number of alkyl halides is 3.